The number of ether oxygens (including phenoxy) is 1. The molecule has 6 nitrogen and oxygen atoms in total. The summed E-state index contributed by atoms with van der Waals surface area (Å²) in [5, 5.41) is 11.1. The summed E-state index contributed by atoms with van der Waals surface area (Å²) in [5.41, 5.74) is 8.59. The van der Waals surface area contributed by atoms with Crippen molar-refractivity contribution in [2.75, 3.05) is 30.8 Å². The van der Waals surface area contributed by atoms with E-state index in [2.05, 4.69) is 15.6 Å². The lowest BCUT2D eigenvalue weighted by atomic mass is 10.0. The second-order valence-corrected chi connectivity index (χ2v) is 4.63. The first kappa shape index (κ1) is 11.3. The Labute approximate surface area is 104 Å². The second-order valence-electron chi connectivity index (χ2n) is 4.63. The summed E-state index contributed by atoms with van der Waals surface area (Å²) >= 11 is 0. The van der Waals surface area contributed by atoms with Gasteiger partial charge in [0.2, 0.25) is 0 Å². The molecular weight excluding hydrogens is 232 g/mol. The van der Waals surface area contributed by atoms with Crippen LogP contribution in [-0.2, 0) is 4.74 Å². The van der Waals surface area contributed by atoms with Gasteiger partial charge < -0.3 is 15.8 Å². The number of benzene rings is 1. The Morgan fingerprint density at radius 2 is 2.22 bits per heavy atom. The lowest BCUT2D eigenvalue weighted by Crippen LogP contribution is -2.24. The number of anilines is 2. The maximum atomic E-state index is 5.80. The zero-order chi connectivity index (χ0) is 12.4. The van der Waals surface area contributed by atoms with Gasteiger partial charge in [0.25, 0.3) is 0 Å². The molecule has 1 atom stereocenters. The smallest absolute Gasteiger partial charge is 0.160 e. The van der Waals surface area contributed by atoms with Crippen LogP contribution in [0.25, 0.3) is 11.0 Å². The molecule has 2 heterocycles. The number of aromatic nitrogens is 2. The van der Waals surface area contributed by atoms with Crippen LogP contribution in [0.4, 0.5) is 11.4 Å². The van der Waals surface area contributed by atoms with Crippen LogP contribution >= 0.6 is 0 Å². The quantitative estimate of drug-likeness (QED) is 0.803. The van der Waals surface area contributed by atoms with Crippen molar-refractivity contribution in [3.05, 3.63) is 12.1 Å². The number of nitrogens with two attached hydrogens (primary N) is 1. The molecule has 0 amide bonds. The van der Waals surface area contributed by atoms with Gasteiger partial charge in [-0.2, -0.15) is 0 Å². The molecule has 18 heavy (non-hydrogen) atoms. The van der Waals surface area contributed by atoms with Crippen molar-refractivity contribution in [1.82, 2.24) is 10.3 Å². The zero-order valence-corrected chi connectivity index (χ0v) is 10.1. The van der Waals surface area contributed by atoms with E-state index in [1.54, 1.807) is 0 Å². The number of fused-ring (bicyclic) bond motifs is 1. The van der Waals surface area contributed by atoms with Crippen LogP contribution in [0, 0.1) is 5.92 Å². The van der Waals surface area contributed by atoms with Gasteiger partial charge in [-0.3, -0.25) is 0 Å². The van der Waals surface area contributed by atoms with Gasteiger partial charge in [0.15, 0.2) is 11.0 Å². The molecule has 0 aliphatic carbocycles. The molecular formula is C12H16N4O2. The third kappa shape index (κ3) is 2.11. The summed E-state index contributed by atoms with van der Waals surface area (Å²) in [5.74, 6) is 0.547. The van der Waals surface area contributed by atoms with Crippen molar-refractivity contribution in [1.29, 1.82) is 0 Å². The highest BCUT2D eigenvalue weighted by molar-refractivity contribution is 5.94. The molecule has 0 saturated carbocycles. The number of hydrogen-bond donors (Lipinski definition) is 2. The van der Waals surface area contributed by atoms with Gasteiger partial charge in [-0.1, -0.05) is 0 Å². The maximum Gasteiger partial charge on any atom is 0.160 e. The Balaban J connectivity index is 1.74. The first-order valence-electron chi connectivity index (χ1n) is 6.17. The SMILES string of the molecule is Nc1ccc(NCC2CCCOC2)c2nonc12. The van der Waals surface area contributed by atoms with Crippen molar-refractivity contribution < 1.29 is 9.37 Å². The van der Waals surface area contributed by atoms with Gasteiger partial charge in [-0.05, 0) is 41.2 Å². The largest absolute Gasteiger partial charge is 0.397 e. The molecule has 6 heteroatoms. The summed E-state index contributed by atoms with van der Waals surface area (Å²) in [6.45, 7) is 2.57. The van der Waals surface area contributed by atoms with Gasteiger partial charge in [0, 0.05) is 13.2 Å². The number of nitrogen functional groups attached to an aromatic ring is 1. The molecule has 96 valence electrons. The van der Waals surface area contributed by atoms with Gasteiger partial charge >= 0.3 is 0 Å². The molecule has 1 saturated heterocycles. The van der Waals surface area contributed by atoms with E-state index < -0.39 is 0 Å². The molecule has 0 bridgehead atoms. The Kier molecular flexibility index (Phi) is 3.02. The molecule has 1 aliphatic rings. The topological polar surface area (TPSA) is 86.2 Å². The monoisotopic (exact) mass is 248 g/mol. The fourth-order valence-electron chi connectivity index (χ4n) is 2.25. The molecule has 3 N–H and O–H groups in total. The predicted octanol–water partition coefficient (Wildman–Crippen LogP) is 1.64. The number of nitrogens with zero attached hydrogens (tertiary/aromatic N) is 2. The molecule has 1 aromatic carbocycles. The predicted molar refractivity (Wildman–Crippen MR) is 68.2 cm³/mol. The van der Waals surface area contributed by atoms with Crippen LogP contribution < -0.4 is 11.1 Å². The molecule has 1 unspecified atom stereocenters. The summed E-state index contributed by atoms with van der Waals surface area (Å²) in [4.78, 5) is 0. The van der Waals surface area contributed by atoms with E-state index in [0.29, 0.717) is 22.6 Å². The van der Waals surface area contributed by atoms with Crippen LogP contribution in [0.2, 0.25) is 0 Å². The van der Waals surface area contributed by atoms with Crippen LogP contribution in [0.5, 0.6) is 0 Å². The van der Waals surface area contributed by atoms with Gasteiger partial charge in [0.05, 0.1) is 18.0 Å². The average Bonchev–Trinajstić information content (AvgIpc) is 2.90. The van der Waals surface area contributed by atoms with Crippen LogP contribution in [0.3, 0.4) is 0 Å². The average molecular weight is 248 g/mol. The maximum absolute atomic E-state index is 5.80. The normalized spacial score (nSPS) is 20.1. The third-order valence-electron chi connectivity index (χ3n) is 3.28. The minimum Gasteiger partial charge on any atom is -0.397 e. The molecule has 3 rings (SSSR count). The summed E-state index contributed by atoms with van der Waals surface area (Å²) in [7, 11) is 0. The Bertz CT molecular complexity index is 534. The highest BCUT2D eigenvalue weighted by Gasteiger charge is 2.15. The molecule has 0 radical (unpaired) electrons. The fraction of sp³-hybridized carbons (Fsp3) is 0.500. The second kappa shape index (κ2) is 4.81. The van der Waals surface area contributed by atoms with E-state index in [1.807, 2.05) is 12.1 Å². The van der Waals surface area contributed by atoms with Crippen LogP contribution in [-0.4, -0.2) is 30.1 Å². The summed E-state index contributed by atoms with van der Waals surface area (Å²) in [6.07, 6.45) is 2.33. The lowest BCUT2D eigenvalue weighted by Gasteiger charge is -2.22. The zero-order valence-electron chi connectivity index (χ0n) is 10.1. The summed E-state index contributed by atoms with van der Waals surface area (Å²) in [6, 6.07) is 3.72. The lowest BCUT2D eigenvalue weighted by molar-refractivity contribution is 0.0595. The highest BCUT2D eigenvalue weighted by atomic mass is 16.6. The number of hydrogen-bond acceptors (Lipinski definition) is 6. The first-order chi connectivity index (χ1) is 8.84. The molecule has 1 aliphatic heterocycles. The van der Waals surface area contributed by atoms with E-state index in [4.69, 9.17) is 15.1 Å². The molecule has 2 aromatic rings. The highest BCUT2D eigenvalue weighted by Crippen LogP contribution is 2.25. The minimum atomic E-state index is 0.547. The van der Waals surface area contributed by atoms with E-state index in [1.165, 1.54) is 6.42 Å². The summed E-state index contributed by atoms with van der Waals surface area (Å²) < 4.78 is 10.2. The van der Waals surface area contributed by atoms with Crippen molar-refractivity contribution >= 4 is 22.4 Å². The van der Waals surface area contributed by atoms with Crippen molar-refractivity contribution in [3.8, 4) is 0 Å². The fourth-order valence-corrected chi connectivity index (χ4v) is 2.25. The van der Waals surface area contributed by atoms with E-state index >= 15 is 0 Å². The van der Waals surface area contributed by atoms with Gasteiger partial charge in [-0.15, -0.1) is 0 Å². The van der Waals surface area contributed by atoms with Gasteiger partial charge in [0.1, 0.15) is 0 Å². The Morgan fingerprint density at radius 1 is 1.33 bits per heavy atom. The standard InChI is InChI=1S/C12H16N4O2/c13-9-3-4-10(12-11(9)15-18-16-12)14-6-8-2-1-5-17-7-8/h3-4,8,14H,1-2,5-7,13H2. The number of nitrogens with one attached hydrogen (secondary N) is 1. The van der Waals surface area contributed by atoms with E-state index in [9.17, 15) is 0 Å². The van der Waals surface area contributed by atoms with Crippen molar-refractivity contribution in [2.45, 2.75) is 12.8 Å². The van der Waals surface area contributed by atoms with E-state index in [-0.39, 0.29) is 0 Å². The molecule has 0 spiro atoms. The Hall–Kier alpha value is -1.82. The van der Waals surface area contributed by atoms with E-state index in [0.717, 1.165) is 31.9 Å². The van der Waals surface area contributed by atoms with Crippen LogP contribution in [0.15, 0.2) is 16.8 Å². The van der Waals surface area contributed by atoms with Gasteiger partial charge in [-0.25, -0.2) is 4.63 Å². The van der Waals surface area contributed by atoms with Crippen molar-refractivity contribution in [3.63, 3.8) is 0 Å². The van der Waals surface area contributed by atoms with Crippen molar-refractivity contribution in [2.24, 2.45) is 5.92 Å². The minimum absolute atomic E-state index is 0.547. The third-order valence-corrected chi connectivity index (χ3v) is 3.28. The first-order valence-corrected chi connectivity index (χ1v) is 6.17. The van der Waals surface area contributed by atoms with Crippen LogP contribution in [0.1, 0.15) is 12.8 Å². The number of rotatable bonds is 3. The molecule has 1 fully saturated rings. The Morgan fingerprint density at radius 3 is 3.06 bits per heavy atom. The molecule has 1 aromatic heterocycles.